The number of benzene rings is 1. The van der Waals surface area contributed by atoms with Crippen molar-refractivity contribution < 1.29 is 9.53 Å². The van der Waals surface area contributed by atoms with Gasteiger partial charge in [0.2, 0.25) is 0 Å². The van der Waals surface area contributed by atoms with E-state index in [1.54, 1.807) is 6.92 Å². The second-order valence-corrected chi connectivity index (χ2v) is 5.71. The first-order valence-corrected chi connectivity index (χ1v) is 7.47. The van der Waals surface area contributed by atoms with E-state index in [-0.39, 0.29) is 19.4 Å². The smallest absolute Gasteiger partial charge is 0.325 e. The number of ether oxygens (including phenoxy) is 1. The van der Waals surface area contributed by atoms with Crippen LogP contribution in [-0.4, -0.2) is 15.9 Å². The highest BCUT2D eigenvalue weighted by molar-refractivity contribution is 9.10. The first kappa shape index (κ1) is 16.2. The Bertz CT molecular complexity index is 777. The van der Waals surface area contributed by atoms with E-state index < -0.39 is 17.2 Å². The number of nitrogens with one attached hydrogen (secondary N) is 2. The Morgan fingerprint density at radius 1 is 1.18 bits per heavy atom. The largest absolute Gasteiger partial charge is 0.461 e. The summed E-state index contributed by atoms with van der Waals surface area (Å²) in [6, 6.07) is 7.45. The van der Waals surface area contributed by atoms with Crippen LogP contribution in [-0.2, 0) is 22.6 Å². The van der Waals surface area contributed by atoms with Crippen LogP contribution in [0.25, 0.3) is 0 Å². The third kappa shape index (κ3) is 4.42. The number of aromatic amines is 2. The van der Waals surface area contributed by atoms with Crippen molar-refractivity contribution in [2.45, 2.75) is 26.4 Å². The number of aryl methyl sites for hydroxylation is 1. The predicted octanol–water partition coefficient (Wildman–Crippen LogP) is 1.81. The van der Waals surface area contributed by atoms with Crippen LogP contribution in [0.3, 0.4) is 0 Å². The zero-order valence-corrected chi connectivity index (χ0v) is 13.5. The van der Waals surface area contributed by atoms with Crippen molar-refractivity contribution in [1.82, 2.24) is 9.97 Å². The van der Waals surface area contributed by atoms with Gasteiger partial charge in [-0.25, -0.2) is 4.79 Å². The van der Waals surface area contributed by atoms with Gasteiger partial charge in [-0.3, -0.25) is 14.6 Å². The topological polar surface area (TPSA) is 92.0 Å². The minimum absolute atomic E-state index is 0.0759. The van der Waals surface area contributed by atoms with E-state index in [0.29, 0.717) is 11.3 Å². The van der Waals surface area contributed by atoms with E-state index in [0.717, 1.165) is 10.0 Å². The number of rotatable bonds is 5. The molecule has 1 aromatic heterocycles. The monoisotopic (exact) mass is 366 g/mol. The second kappa shape index (κ2) is 7.22. The van der Waals surface area contributed by atoms with Gasteiger partial charge in [-0.1, -0.05) is 28.1 Å². The molecule has 2 aromatic rings. The molecule has 0 saturated heterocycles. The van der Waals surface area contributed by atoms with Crippen LogP contribution in [0, 0.1) is 6.92 Å². The van der Waals surface area contributed by atoms with E-state index in [1.807, 2.05) is 24.3 Å². The molecule has 0 radical (unpaired) electrons. The molecule has 2 rings (SSSR count). The maximum atomic E-state index is 11.7. The van der Waals surface area contributed by atoms with E-state index in [9.17, 15) is 14.4 Å². The normalized spacial score (nSPS) is 10.5. The average molecular weight is 367 g/mol. The van der Waals surface area contributed by atoms with Crippen molar-refractivity contribution in [1.29, 1.82) is 0 Å². The fourth-order valence-corrected chi connectivity index (χ4v) is 2.23. The van der Waals surface area contributed by atoms with Gasteiger partial charge >= 0.3 is 11.7 Å². The fourth-order valence-electron chi connectivity index (χ4n) is 1.97. The molecule has 1 aromatic carbocycles. The number of carbonyl (C=O) groups is 1. The number of esters is 1. The lowest BCUT2D eigenvalue weighted by Gasteiger charge is -2.06. The molecule has 0 aliphatic heterocycles. The third-order valence-electron chi connectivity index (χ3n) is 3.15. The Balaban J connectivity index is 1.89. The van der Waals surface area contributed by atoms with Gasteiger partial charge in [0.05, 0.1) is 0 Å². The molecule has 0 aliphatic rings. The van der Waals surface area contributed by atoms with Crippen LogP contribution in [0.5, 0.6) is 0 Å². The molecule has 0 saturated carbocycles. The Morgan fingerprint density at radius 3 is 2.50 bits per heavy atom. The molecular formula is C15H15BrN2O4. The lowest BCUT2D eigenvalue weighted by molar-refractivity contribution is -0.144. The third-order valence-corrected chi connectivity index (χ3v) is 3.68. The summed E-state index contributed by atoms with van der Waals surface area (Å²) >= 11 is 3.33. The average Bonchev–Trinajstić information content (AvgIpc) is 2.45. The first-order chi connectivity index (χ1) is 10.5. The zero-order chi connectivity index (χ0) is 16.1. The summed E-state index contributed by atoms with van der Waals surface area (Å²) in [6.45, 7) is 1.81. The standard InChI is InChI=1S/C15H15BrN2O4/c1-9-12(14(20)18-15(21)17-9)6-7-13(19)22-8-10-2-4-11(16)5-3-10/h2-5H,6-8H2,1H3,(H2,17,18,20,21). The number of halogens is 1. The molecule has 0 fully saturated rings. The molecule has 0 aliphatic carbocycles. The molecular weight excluding hydrogens is 352 g/mol. The summed E-state index contributed by atoms with van der Waals surface area (Å²) in [5.41, 5.74) is 0.718. The second-order valence-electron chi connectivity index (χ2n) is 4.80. The molecule has 0 spiro atoms. The van der Waals surface area contributed by atoms with E-state index >= 15 is 0 Å². The number of H-pyrrole nitrogens is 2. The van der Waals surface area contributed by atoms with E-state index in [2.05, 4.69) is 25.9 Å². The minimum atomic E-state index is -0.552. The SMILES string of the molecule is Cc1[nH]c(=O)[nH]c(=O)c1CCC(=O)OCc1ccc(Br)cc1. The highest BCUT2D eigenvalue weighted by atomic mass is 79.9. The number of aromatic nitrogens is 2. The molecule has 0 unspecified atom stereocenters. The van der Waals surface area contributed by atoms with Crippen molar-refractivity contribution >= 4 is 21.9 Å². The molecule has 6 nitrogen and oxygen atoms in total. The van der Waals surface area contributed by atoms with Gasteiger partial charge in [0.25, 0.3) is 5.56 Å². The first-order valence-electron chi connectivity index (χ1n) is 6.68. The number of carbonyl (C=O) groups excluding carboxylic acids is 1. The van der Waals surface area contributed by atoms with Crippen LogP contribution < -0.4 is 11.2 Å². The van der Waals surface area contributed by atoms with Gasteiger partial charge in [-0.05, 0) is 31.0 Å². The van der Waals surface area contributed by atoms with Crippen LogP contribution >= 0.6 is 15.9 Å². The summed E-state index contributed by atoms with van der Waals surface area (Å²) in [4.78, 5) is 39.1. The van der Waals surface area contributed by atoms with Crippen molar-refractivity contribution in [2.24, 2.45) is 0 Å². The summed E-state index contributed by atoms with van der Waals surface area (Å²) in [5.74, 6) is -0.395. The van der Waals surface area contributed by atoms with Gasteiger partial charge in [-0.2, -0.15) is 0 Å². The molecule has 0 atom stereocenters. The molecule has 22 heavy (non-hydrogen) atoms. The van der Waals surface area contributed by atoms with Gasteiger partial charge < -0.3 is 9.72 Å². The van der Waals surface area contributed by atoms with Crippen molar-refractivity contribution in [3.8, 4) is 0 Å². The molecule has 0 amide bonds. The Kier molecular flexibility index (Phi) is 5.32. The van der Waals surface area contributed by atoms with Crippen LogP contribution in [0.2, 0.25) is 0 Å². The molecule has 116 valence electrons. The van der Waals surface area contributed by atoms with Gasteiger partial charge in [0.15, 0.2) is 0 Å². The van der Waals surface area contributed by atoms with Crippen molar-refractivity contribution in [3.05, 3.63) is 66.4 Å². The van der Waals surface area contributed by atoms with Crippen LogP contribution in [0.15, 0.2) is 38.3 Å². The Labute approximate surface area is 134 Å². The predicted molar refractivity (Wildman–Crippen MR) is 84.7 cm³/mol. The molecule has 2 N–H and O–H groups in total. The summed E-state index contributed by atoms with van der Waals surface area (Å²) in [5, 5.41) is 0. The van der Waals surface area contributed by atoms with Gasteiger partial charge in [0.1, 0.15) is 6.61 Å². The lowest BCUT2D eigenvalue weighted by atomic mass is 10.1. The van der Waals surface area contributed by atoms with Crippen LogP contribution in [0.1, 0.15) is 23.2 Å². The van der Waals surface area contributed by atoms with Crippen LogP contribution in [0.4, 0.5) is 0 Å². The number of hydrogen-bond donors (Lipinski definition) is 2. The van der Waals surface area contributed by atoms with Crippen molar-refractivity contribution in [2.75, 3.05) is 0 Å². The van der Waals surface area contributed by atoms with E-state index in [1.165, 1.54) is 0 Å². The highest BCUT2D eigenvalue weighted by Gasteiger charge is 2.10. The maximum Gasteiger partial charge on any atom is 0.325 e. The summed E-state index contributed by atoms with van der Waals surface area (Å²) in [7, 11) is 0. The zero-order valence-electron chi connectivity index (χ0n) is 11.9. The van der Waals surface area contributed by atoms with Gasteiger partial charge in [-0.15, -0.1) is 0 Å². The molecule has 0 bridgehead atoms. The highest BCUT2D eigenvalue weighted by Crippen LogP contribution is 2.11. The Hall–Kier alpha value is -2.15. The molecule has 7 heteroatoms. The maximum absolute atomic E-state index is 11.7. The quantitative estimate of drug-likeness (QED) is 0.789. The fraction of sp³-hybridized carbons (Fsp3) is 0.267. The summed E-state index contributed by atoms with van der Waals surface area (Å²) < 4.78 is 6.11. The number of hydrogen-bond acceptors (Lipinski definition) is 4. The van der Waals surface area contributed by atoms with E-state index in [4.69, 9.17) is 4.74 Å². The minimum Gasteiger partial charge on any atom is -0.461 e. The van der Waals surface area contributed by atoms with Crippen molar-refractivity contribution in [3.63, 3.8) is 0 Å². The summed E-state index contributed by atoms with van der Waals surface area (Å²) in [6.07, 6.45) is 0.295. The Morgan fingerprint density at radius 2 is 1.86 bits per heavy atom. The molecule has 1 heterocycles. The lowest BCUT2D eigenvalue weighted by Crippen LogP contribution is -2.27. The van der Waals surface area contributed by atoms with Gasteiger partial charge in [0, 0.05) is 22.2 Å².